The number of rotatable bonds is 2. The van der Waals surface area contributed by atoms with Gasteiger partial charge in [0.1, 0.15) is 0 Å². The van der Waals surface area contributed by atoms with E-state index in [1.54, 1.807) is 0 Å². The van der Waals surface area contributed by atoms with Crippen molar-refractivity contribution in [2.24, 2.45) is 5.41 Å². The predicted octanol–water partition coefficient (Wildman–Crippen LogP) is 0.936. The first-order valence-electron chi connectivity index (χ1n) is 5.22. The van der Waals surface area contributed by atoms with Gasteiger partial charge in [0, 0.05) is 44.3 Å². The van der Waals surface area contributed by atoms with Gasteiger partial charge in [-0.05, 0) is 0 Å². The molecular weight excluding hydrogens is 206 g/mol. The number of alkyl halides is 2. The average molecular weight is 222 g/mol. The molecule has 0 aromatic heterocycles. The summed E-state index contributed by atoms with van der Waals surface area (Å²) in [5, 5.41) is 19.6. The summed E-state index contributed by atoms with van der Waals surface area (Å²) in [7, 11) is 0. The molecule has 2 N–H and O–H groups in total. The van der Waals surface area contributed by atoms with Crippen LogP contribution in [0.2, 0.25) is 0 Å². The molecule has 0 aromatic rings. The Labute approximate surface area is 87.0 Å². The predicted molar refractivity (Wildman–Crippen MR) is 48.7 cm³/mol. The number of hydrogen-bond donors (Lipinski definition) is 2. The SMILES string of the molecule is OCC1(C2(O)CCOCC2)CC(F)(F)C1. The molecule has 0 aromatic carbocycles. The Morgan fingerprint density at radius 3 is 2.07 bits per heavy atom. The van der Waals surface area contributed by atoms with E-state index in [4.69, 9.17) is 4.74 Å². The van der Waals surface area contributed by atoms with Crippen molar-refractivity contribution in [3.63, 3.8) is 0 Å². The quantitative estimate of drug-likeness (QED) is 0.731. The third-order valence-corrected chi connectivity index (χ3v) is 3.80. The van der Waals surface area contributed by atoms with Crippen molar-refractivity contribution in [3.05, 3.63) is 0 Å². The first-order valence-corrected chi connectivity index (χ1v) is 5.22. The third kappa shape index (κ3) is 1.66. The van der Waals surface area contributed by atoms with Gasteiger partial charge in [-0.3, -0.25) is 0 Å². The van der Waals surface area contributed by atoms with E-state index in [1.807, 2.05) is 0 Å². The molecule has 88 valence electrons. The van der Waals surface area contributed by atoms with Crippen LogP contribution in [0.3, 0.4) is 0 Å². The van der Waals surface area contributed by atoms with Gasteiger partial charge in [-0.2, -0.15) is 0 Å². The van der Waals surface area contributed by atoms with Crippen LogP contribution < -0.4 is 0 Å². The maximum atomic E-state index is 12.9. The zero-order valence-electron chi connectivity index (χ0n) is 8.51. The first kappa shape index (κ1) is 11.2. The molecular formula is C10H16F2O3. The van der Waals surface area contributed by atoms with Gasteiger partial charge < -0.3 is 14.9 Å². The summed E-state index contributed by atoms with van der Waals surface area (Å²) in [4.78, 5) is 0. The molecule has 1 saturated carbocycles. The number of hydrogen-bond acceptors (Lipinski definition) is 3. The Morgan fingerprint density at radius 2 is 1.67 bits per heavy atom. The molecule has 0 atom stereocenters. The molecule has 3 nitrogen and oxygen atoms in total. The van der Waals surface area contributed by atoms with Gasteiger partial charge in [-0.1, -0.05) is 0 Å². The highest BCUT2D eigenvalue weighted by Gasteiger charge is 2.65. The van der Waals surface area contributed by atoms with Crippen LogP contribution >= 0.6 is 0 Å². The van der Waals surface area contributed by atoms with Crippen molar-refractivity contribution in [2.75, 3.05) is 19.8 Å². The van der Waals surface area contributed by atoms with E-state index in [9.17, 15) is 19.0 Å². The molecule has 2 aliphatic rings. The number of aliphatic hydroxyl groups is 2. The lowest BCUT2D eigenvalue weighted by Crippen LogP contribution is -2.63. The van der Waals surface area contributed by atoms with Crippen molar-refractivity contribution >= 4 is 0 Å². The van der Waals surface area contributed by atoms with Crippen molar-refractivity contribution < 1.29 is 23.7 Å². The van der Waals surface area contributed by atoms with E-state index in [-0.39, 0.29) is 6.61 Å². The highest BCUT2D eigenvalue weighted by atomic mass is 19.3. The normalized spacial score (nSPS) is 32.0. The lowest BCUT2D eigenvalue weighted by Gasteiger charge is -2.56. The maximum Gasteiger partial charge on any atom is 0.249 e. The summed E-state index contributed by atoms with van der Waals surface area (Å²) in [5.74, 6) is -2.73. The summed E-state index contributed by atoms with van der Waals surface area (Å²) in [5.41, 5.74) is -2.19. The second-order valence-electron chi connectivity index (χ2n) is 4.79. The van der Waals surface area contributed by atoms with Gasteiger partial charge in [-0.15, -0.1) is 0 Å². The Morgan fingerprint density at radius 1 is 1.13 bits per heavy atom. The van der Waals surface area contributed by atoms with Crippen molar-refractivity contribution in [1.82, 2.24) is 0 Å². The zero-order chi connectivity index (χ0) is 11.2. The molecule has 2 rings (SSSR count). The largest absolute Gasteiger partial charge is 0.396 e. The highest BCUT2D eigenvalue weighted by molar-refractivity contribution is 5.10. The zero-order valence-corrected chi connectivity index (χ0v) is 8.51. The fourth-order valence-electron chi connectivity index (χ4n) is 2.77. The van der Waals surface area contributed by atoms with Crippen LogP contribution in [0.25, 0.3) is 0 Å². The fraction of sp³-hybridized carbons (Fsp3) is 1.00. The molecule has 2 fully saturated rings. The second kappa shape index (κ2) is 3.37. The lowest BCUT2D eigenvalue weighted by atomic mass is 9.55. The number of aliphatic hydroxyl groups excluding tert-OH is 1. The minimum absolute atomic E-state index is 0.337. The molecule has 1 heterocycles. The van der Waals surface area contributed by atoms with E-state index < -0.39 is 29.8 Å². The van der Waals surface area contributed by atoms with Crippen LogP contribution in [0.15, 0.2) is 0 Å². The van der Waals surface area contributed by atoms with E-state index in [0.29, 0.717) is 26.1 Å². The summed E-state index contributed by atoms with van der Waals surface area (Å²) in [6.45, 7) is 0.382. The van der Waals surface area contributed by atoms with Gasteiger partial charge in [0.25, 0.3) is 0 Å². The average Bonchev–Trinajstić information content (AvgIpc) is 2.14. The lowest BCUT2D eigenvalue weighted by molar-refractivity contribution is -0.267. The van der Waals surface area contributed by atoms with Crippen LogP contribution in [0.4, 0.5) is 8.78 Å². The summed E-state index contributed by atoms with van der Waals surface area (Å²) in [6.07, 6.45) is -0.146. The van der Waals surface area contributed by atoms with Crippen LogP contribution in [-0.2, 0) is 4.74 Å². The van der Waals surface area contributed by atoms with E-state index in [2.05, 4.69) is 0 Å². The fourth-order valence-corrected chi connectivity index (χ4v) is 2.77. The van der Waals surface area contributed by atoms with Gasteiger partial charge >= 0.3 is 0 Å². The maximum absolute atomic E-state index is 12.9. The smallest absolute Gasteiger partial charge is 0.249 e. The van der Waals surface area contributed by atoms with Gasteiger partial charge in [-0.25, -0.2) is 8.78 Å². The molecule has 0 radical (unpaired) electrons. The van der Waals surface area contributed by atoms with E-state index in [0.717, 1.165) is 0 Å². The molecule has 5 heteroatoms. The van der Waals surface area contributed by atoms with Crippen molar-refractivity contribution in [1.29, 1.82) is 0 Å². The molecule has 1 aliphatic heterocycles. The topological polar surface area (TPSA) is 49.7 Å². The van der Waals surface area contributed by atoms with Crippen molar-refractivity contribution in [2.45, 2.75) is 37.2 Å². The second-order valence-corrected chi connectivity index (χ2v) is 4.79. The molecule has 0 bridgehead atoms. The highest BCUT2D eigenvalue weighted by Crippen LogP contribution is 2.59. The minimum Gasteiger partial charge on any atom is -0.396 e. The summed E-state index contributed by atoms with van der Waals surface area (Å²) in [6, 6.07) is 0. The molecule has 0 amide bonds. The van der Waals surface area contributed by atoms with Crippen LogP contribution in [0, 0.1) is 5.41 Å². The van der Waals surface area contributed by atoms with Crippen LogP contribution in [0.1, 0.15) is 25.7 Å². The Bertz CT molecular complexity index is 241. The number of halogens is 2. The monoisotopic (exact) mass is 222 g/mol. The Kier molecular flexibility index (Phi) is 2.52. The molecule has 1 aliphatic carbocycles. The standard InChI is InChI=1S/C10H16F2O3/c11-10(12)5-8(6-10,7-13)9(14)1-3-15-4-2-9/h13-14H,1-7H2. The summed E-state index contributed by atoms with van der Waals surface area (Å²) >= 11 is 0. The Balaban J connectivity index is 2.13. The van der Waals surface area contributed by atoms with E-state index >= 15 is 0 Å². The minimum atomic E-state index is -2.73. The van der Waals surface area contributed by atoms with Crippen LogP contribution in [-0.4, -0.2) is 41.6 Å². The summed E-state index contributed by atoms with van der Waals surface area (Å²) < 4.78 is 30.9. The van der Waals surface area contributed by atoms with Gasteiger partial charge in [0.2, 0.25) is 5.92 Å². The van der Waals surface area contributed by atoms with Gasteiger partial charge in [0.05, 0.1) is 12.2 Å². The molecule has 0 unspecified atom stereocenters. The van der Waals surface area contributed by atoms with Gasteiger partial charge in [0.15, 0.2) is 0 Å². The van der Waals surface area contributed by atoms with Crippen LogP contribution in [0.5, 0.6) is 0 Å². The first-order chi connectivity index (χ1) is 6.93. The molecule has 0 spiro atoms. The molecule has 15 heavy (non-hydrogen) atoms. The van der Waals surface area contributed by atoms with Crippen molar-refractivity contribution in [3.8, 4) is 0 Å². The molecule has 1 saturated heterocycles. The Hall–Kier alpha value is -0.260. The third-order valence-electron chi connectivity index (χ3n) is 3.80. The van der Waals surface area contributed by atoms with E-state index in [1.165, 1.54) is 0 Å². The number of ether oxygens (including phenoxy) is 1.